The molecule has 0 heterocycles. The van der Waals surface area contributed by atoms with E-state index in [1.165, 1.54) is 0 Å². The molecule has 0 bridgehead atoms. The van der Waals surface area contributed by atoms with Gasteiger partial charge in [-0.3, -0.25) is 0 Å². The predicted molar refractivity (Wildman–Crippen MR) is 50.2 cm³/mol. The first kappa shape index (κ1) is 11.6. The zero-order chi connectivity index (χ0) is 9.83. The molecule has 0 radical (unpaired) electrons. The van der Waals surface area contributed by atoms with E-state index < -0.39 is 5.60 Å². The van der Waals surface area contributed by atoms with Gasteiger partial charge in [-0.05, 0) is 18.8 Å². The van der Waals surface area contributed by atoms with Crippen LogP contribution in [-0.4, -0.2) is 18.5 Å². The van der Waals surface area contributed by atoms with E-state index in [1.54, 1.807) is 0 Å². The Morgan fingerprint density at radius 1 is 1.25 bits per heavy atom. The highest BCUT2D eigenvalue weighted by Gasteiger charge is 2.24. The fourth-order valence-electron chi connectivity index (χ4n) is 0.601. The van der Waals surface area contributed by atoms with Crippen LogP contribution in [0.1, 0.15) is 41.0 Å². The molecule has 2 heteroatoms. The first-order valence-corrected chi connectivity index (χ1v) is 4.43. The first-order chi connectivity index (χ1) is 5.33. The fourth-order valence-corrected chi connectivity index (χ4v) is 0.601. The van der Waals surface area contributed by atoms with Crippen LogP contribution < -0.4 is 0 Å². The third-order valence-electron chi connectivity index (χ3n) is 1.79. The van der Waals surface area contributed by atoms with Crippen molar-refractivity contribution in [3.63, 3.8) is 0 Å². The Kier molecular flexibility index (Phi) is 3.91. The quantitative estimate of drug-likeness (QED) is 0.609. The minimum Gasteiger partial charge on any atom is -0.367 e. The highest BCUT2D eigenvalue weighted by molar-refractivity contribution is 5.61. The minimum atomic E-state index is -0.590. The molecule has 72 valence electrons. The summed E-state index contributed by atoms with van der Waals surface area (Å²) < 4.78 is 5.52. The minimum absolute atomic E-state index is 0.124. The van der Waals surface area contributed by atoms with E-state index in [4.69, 9.17) is 4.74 Å². The van der Waals surface area contributed by atoms with Gasteiger partial charge >= 0.3 is 0 Å². The summed E-state index contributed by atoms with van der Waals surface area (Å²) in [6.45, 7) is 10.7. The van der Waals surface area contributed by atoms with E-state index in [0.29, 0.717) is 6.61 Å². The summed E-state index contributed by atoms with van der Waals surface area (Å²) >= 11 is 0. The number of hydrogen-bond donors (Lipinski definition) is 0. The summed E-state index contributed by atoms with van der Waals surface area (Å²) in [6.07, 6.45) is 1.62. The smallest absolute Gasteiger partial charge is 0.151 e. The van der Waals surface area contributed by atoms with Crippen molar-refractivity contribution in [1.29, 1.82) is 0 Å². The van der Waals surface area contributed by atoms with Crippen LogP contribution in [0.2, 0.25) is 0 Å². The van der Waals surface area contributed by atoms with Crippen LogP contribution in [0.4, 0.5) is 0 Å². The first-order valence-electron chi connectivity index (χ1n) is 4.43. The van der Waals surface area contributed by atoms with Gasteiger partial charge in [0.1, 0.15) is 5.60 Å². The Hall–Kier alpha value is -0.370. The number of aldehydes is 1. The molecule has 0 amide bonds. The van der Waals surface area contributed by atoms with Crippen LogP contribution in [0.5, 0.6) is 0 Å². The van der Waals surface area contributed by atoms with Crippen molar-refractivity contribution in [2.45, 2.75) is 46.6 Å². The van der Waals surface area contributed by atoms with Gasteiger partial charge in [-0.1, -0.05) is 27.7 Å². The van der Waals surface area contributed by atoms with E-state index in [0.717, 1.165) is 12.7 Å². The van der Waals surface area contributed by atoms with Crippen molar-refractivity contribution in [3.8, 4) is 0 Å². The molecule has 0 fully saturated rings. The molecule has 0 saturated carbocycles. The summed E-state index contributed by atoms with van der Waals surface area (Å²) in [5, 5.41) is 0. The number of ether oxygens (including phenoxy) is 1. The Balaban J connectivity index is 3.98. The van der Waals surface area contributed by atoms with Gasteiger partial charge in [0, 0.05) is 0 Å². The summed E-state index contributed by atoms with van der Waals surface area (Å²) in [7, 11) is 0. The topological polar surface area (TPSA) is 26.3 Å². The molecule has 0 N–H and O–H groups in total. The summed E-state index contributed by atoms with van der Waals surface area (Å²) in [5.41, 5.74) is -0.466. The lowest BCUT2D eigenvalue weighted by Gasteiger charge is -2.27. The second kappa shape index (κ2) is 4.04. The van der Waals surface area contributed by atoms with Crippen molar-refractivity contribution in [2.24, 2.45) is 5.41 Å². The van der Waals surface area contributed by atoms with E-state index in [1.807, 2.05) is 13.8 Å². The van der Waals surface area contributed by atoms with Crippen molar-refractivity contribution >= 4 is 6.29 Å². The Morgan fingerprint density at radius 3 is 2.00 bits per heavy atom. The maximum absolute atomic E-state index is 10.6. The molecular formula is C10H20O2. The number of carbonyl (C=O) groups excluding carboxylic acids is 1. The SMILES string of the molecule is CCC(C)(C=O)OCC(C)(C)C. The van der Waals surface area contributed by atoms with Crippen molar-refractivity contribution < 1.29 is 9.53 Å². The third kappa shape index (κ3) is 4.50. The van der Waals surface area contributed by atoms with Gasteiger partial charge in [0.25, 0.3) is 0 Å². The highest BCUT2D eigenvalue weighted by atomic mass is 16.5. The molecule has 0 rings (SSSR count). The third-order valence-corrected chi connectivity index (χ3v) is 1.79. The maximum Gasteiger partial charge on any atom is 0.151 e. The average Bonchev–Trinajstić information content (AvgIpc) is 1.99. The molecule has 0 aromatic carbocycles. The molecule has 1 unspecified atom stereocenters. The molecule has 0 aromatic rings. The van der Waals surface area contributed by atoms with Crippen molar-refractivity contribution in [2.75, 3.05) is 6.61 Å². The number of hydrogen-bond acceptors (Lipinski definition) is 2. The van der Waals surface area contributed by atoms with Gasteiger partial charge in [-0.2, -0.15) is 0 Å². The lowest BCUT2D eigenvalue weighted by Crippen LogP contribution is -2.33. The van der Waals surface area contributed by atoms with Crippen LogP contribution >= 0.6 is 0 Å². The van der Waals surface area contributed by atoms with Gasteiger partial charge in [0.2, 0.25) is 0 Å². The van der Waals surface area contributed by atoms with E-state index >= 15 is 0 Å². The molecule has 0 saturated heterocycles. The van der Waals surface area contributed by atoms with Crippen molar-refractivity contribution in [3.05, 3.63) is 0 Å². The molecule has 0 aliphatic heterocycles. The Bertz CT molecular complexity index is 146. The summed E-state index contributed by atoms with van der Waals surface area (Å²) in [5.74, 6) is 0. The molecule has 1 atom stereocenters. The lowest BCUT2D eigenvalue weighted by molar-refractivity contribution is -0.133. The van der Waals surface area contributed by atoms with Gasteiger partial charge in [-0.25, -0.2) is 0 Å². The normalized spacial score (nSPS) is 17.1. The molecule has 0 aliphatic carbocycles. The van der Waals surface area contributed by atoms with Gasteiger partial charge in [0.05, 0.1) is 6.61 Å². The molecule has 0 aromatic heterocycles. The lowest BCUT2D eigenvalue weighted by atomic mass is 9.97. The van der Waals surface area contributed by atoms with Gasteiger partial charge in [0.15, 0.2) is 6.29 Å². The van der Waals surface area contributed by atoms with Gasteiger partial charge in [-0.15, -0.1) is 0 Å². The summed E-state index contributed by atoms with van der Waals surface area (Å²) in [4.78, 5) is 10.6. The maximum atomic E-state index is 10.6. The number of carbonyl (C=O) groups is 1. The molecular weight excluding hydrogens is 152 g/mol. The van der Waals surface area contributed by atoms with E-state index in [2.05, 4.69) is 20.8 Å². The Labute approximate surface area is 75.3 Å². The zero-order valence-electron chi connectivity index (χ0n) is 8.81. The molecule has 12 heavy (non-hydrogen) atoms. The van der Waals surface area contributed by atoms with Crippen LogP contribution in [0.25, 0.3) is 0 Å². The average molecular weight is 172 g/mol. The number of rotatable bonds is 4. The van der Waals surface area contributed by atoms with Gasteiger partial charge < -0.3 is 9.53 Å². The van der Waals surface area contributed by atoms with Crippen LogP contribution in [0, 0.1) is 5.41 Å². The zero-order valence-corrected chi connectivity index (χ0v) is 8.81. The monoisotopic (exact) mass is 172 g/mol. The van der Waals surface area contributed by atoms with Crippen molar-refractivity contribution in [1.82, 2.24) is 0 Å². The van der Waals surface area contributed by atoms with Crippen LogP contribution in [-0.2, 0) is 9.53 Å². The molecule has 2 nitrogen and oxygen atoms in total. The second-order valence-electron chi connectivity index (χ2n) is 4.63. The predicted octanol–water partition coefficient (Wildman–Crippen LogP) is 2.42. The van der Waals surface area contributed by atoms with Crippen LogP contribution in [0.3, 0.4) is 0 Å². The second-order valence-corrected chi connectivity index (χ2v) is 4.63. The fraction of sp³-hybridized carbons (Fsp3) is 0.900. The summed E-state index contributed by atoms with van der Waals surface area (Å²) in [6, 6.07) is 0. The van der Waals surface area contributed by atoms with Crippen LogP contribution in [0.15, 0.2) is 0 Å². The van der Waals surface area contributed by atoms with E-state index in [-0.39, 0.29) is 5.41 Å². The molecule has 0 aliphatic rings. The molecule has 0 spiro atoms. The standard InChI is InChI=1S/C10H20O2/c1-6-10(5,7-11)12-8-9(2,3)4/h7H,6,8H2,1-5H3. The highest BCUT2D eigenvalue weighted by Crippen LogP contribution is 2.19. The largest absolute Gasteiger partial charge is 0.367 e. The Morgan fingerprint density at radius 2 is 1.75 bits per heavy atom. The van der Waals surface area contributed by atoms with E-state index in [9.17, 15) is 4.79 Å².